The molecular weight excluding hydrogens is 589 g/mol. The Kier molecular flexibility index (Phi) is 5.82. The highest BCUT2D eigenvalue weighted by atomic mass is 32.1. The zero-order valence-electron chi connectivity index (χ0n) is 25.9. The molecule has 2 aromatic heterocycles. The standard InChI is InChI=1S/C44H30N2S/c1-27-31-15-5-8-18-34(31)42(28-13-3-2-4-14-28)45-41(27)29-23-25-30(26-24-29)46-37-21-11-9-19-35(37)39-32-16-6-7-17-33(32)40-36-20-10-12-22-38(36)47-44(40)43(39)46/h2-27,31H,1H3. The second kappa shape index (κ2) is 10.2. The highest BCUT2D eigenvalue weighted by Crippen LogP contribution is 2.48. The van der Waals surface area contributed by atoms with Crippen molar-refractivity contribution in [2.75, 3.05) is 0 Å². The van der Waals surface area contributed by atoms with Crippen LogP contribution in [0.2, 0.25) is 0 Å². The summed E-state index contributed by atoms with van der Waals surface area (Å²) in [6.07, 6.45) is 8.90. The second-order valence-corrected chi connectivity index (χ2v) is 13.7. The van der Waals surface area contributed by atoms with Gasteiger partial charge in [0.15, 0.2) is 0 Å². The van der Waals surface area contributed by atoms with E-state index in [2.05, 4.69) is 163 Å². The first-order valence-electron chi connectivity index (χ1n) is 16.4. The number of nitrogens with zero attached hydrogens (tertiary/aromatic N) is 2. The van der Waals surface area contributed by atoms with E-state index < -0.39 is 0 Å². The highest BCUT2D eigenvalue weighted by molar-refractivity contribution is 7.27. The van der Waals surface area contributed by atoms with Crippen LogP contribution in [0.25, 0.3) is 64.1 Å². The van der Waals surface area contributed by atoms with Crippen molar-refractivity contribution in [1.82, 2.24) is 4.57 Å². The maximum absolute atomic E-state index is 5.39. The molecule has 0 saturated heterocycles. The summed E-state index contributed by atoms with van der Waals surface area (Å²) in [5, 5.41) is 7.92. The molecule has 47 heavy (non-hydrogen) atoms. The van der Waals surface area contributed by atoms with E-state index >= 15 is 0 Å². The van der Waals surface area contributed by atoms with Crippen molar-refractivity contribution >= 4 is 75.5 Å². The molecule has 8 aromatic rings. The SMILES string of the molecule is CC1C(c2ccc(-n3c4ccccc4c4c5ccccc5c5c6ccccc6sc5c43)cc2)=NC(c2ccccc2)=C2C=CC=CC21. The normalized spacial score (nSPS) is 17.8. The zero-order valence-corrected chi connectivity index (χ0v) is 26.7. The first kappa shape index (κ1) is 26.7. The second-order valence-electron chi connectivity index (χ2n) is 12.7. The van der Waals surface area contributed by atoms with Crippen molar-refractivity contribution in [2.24, 2.45) is 16.8 Å². The van der Waals surface area contributed by atoms with Crippen molar-refractivity contribution < 1.29 is 0 Å². The molecule has 3 heteroatoms. The van der Waals surface area contributed by atoms with E-state index in [1.165, 1.54) is 69.5 Å². The molecule has 6 aromatic carbocycles. The molecule has 0 bridgehead atoms. The average molecular weight is 619 g/mol. The van der Waals surface area contributed by atoms with Crippen LogP contribution in [-0.2, 0) is 0 Å². The molecule has 0 amide bonds. The summed E-state index contributed by atoms with van der Waals surface area (Å²) < 4.78 is 5.16. The number of aliphatic imine (C=N–C) groups is 1. The van der Waals surface area contributed by atoms with Gasteiger partial charge in [-0.15, -0.1) is 11.3 Å². The third-order valence-electron chi connectivity index (χ3n) is 10.2. The van der Waals surface area contributed by atoms with Crippen LogP contribution < -0.4 is 0 Å². The summed E-state index contributed by atoms with van der Waals surface area (Å²) in [5.74, 6) is 0.566. The number of allylic oxidation sites excluding steroid dienone is 5. The lowest BCUT2D eigenvalue weighted by Gasteiger charge is -2.32. The predicted molar refractivity (Wildman–Crippen MR) is 202 cm³/mol. The van der Waals surface area contributed by atoms with Crippen molar-refractivity contribution in [3.8, 4) is 5.69 Å². The van der Waals surface area contributed by atoms with Gasteiger partial charge in [0.25, 0.3) is 0 Å². The summed E-state index contributed by atoms with van der Waals surface area (Å²) in [7, 11) is 0. The third-order valence-corrected chi connectivity index (χ3v) is 11.3. The summed E-state index contributed by atoms with van der Waals surface area (Å²) in [5.41, 5.74) is 9.55. The van der Waals surface area contributed by atoms with E-state index in [1.54, 1.807) is 0 Å². The maximum atomic E-state index is 5.39. The van der Waals surface area contributed by atoms with E-state index in [0.717, 1.165) is 17.1 Å². The van der Waals surface area contributed by atoms with Gasteiger partial charge in [0.05, 0.1) is 27.1 Å². The lowest BCUT2D eigenvalue weighted by Crippen LogP contribution is -2.27. The average Bonchev–Trinajstić information content (AvgIpc) is 3.70. The minimum atomic E-state index is 0.266. The molecule has 222 valence electrons. The first-order valence-corrected chi connectivity index (χ1v) is 17.2. The Morgan fingerprint density at radius 3 is 2.11 bits per heavy atom. The molecule has 2 aliphatic rings. The molecule has 1 aliphatic heterocycles. The largest absolute Gasteiger partial charge is 0.308 e. The molecule has 1 aliphatic carbocycles. The number of benzene rings is 6. The molecule has 0 fully saturated rings. The van der Waals surface area contributed by atoms with E-state index in [9.17, 15) is 0 Å². The molecule has 2 nitrogen and oxygen atoms in total. The van der Waals surface area contributed by atoms with E-state index in [4.69, 9.17) is 4.99 Å². The topological polar surface area (TPSA) is 17.3 Å². The minimum Gasteiger partial charge on any atom is -0.308 e. The van der Waals surface area contributed by atoms with Gasteiger partial charge in [-0.2, -0.15) is 0 Å². The van der Waals surface area contributed by atoms with Gasteiger partial charge in [-0.05, 0) is 46.2 Å². The van der Waals surface area contributed by atoms with Crippen LogP contribution in [-0.4, -0.2) is 10.3 Å². The number of thiophene rings is 1. The molecule has 2 atom stereocenters. The van der Waals surface area contributed by atoms with Gasteiger partial charge >= 0.3 is 0 Å². The van der Waals surface area contributed by atoms with E-state index in [-0.39, 0.29) is 5.92 Å². The summed E-state index contributed by atoms with van der Waals surface area (Å²) in [4.78, 5) is 5.39. The summed E-state index contributed by atoms with van der Waals surface area (Å²) in [6, 6.07) is 46.5. The Morgan fingerprint density at radius 1 is 0.617 bits per heavy atom. The van der Waals surface area contributed by atoms with Gasteiger partial charge < -0.3 is 4.57 Å². The fourth-order valence-corrected chi connectivity index (χ4v) is 9.28. The first-order chi connectivity index (χ1) is 23.3. The Labute approximate surface area is 276 Å². The fourth-order valence-electron chi connectivity index (χ4n) is 8.02. The molecular formula is C44H30N2S. The lowest BCUT2D eigenvalue weighted by atomic mass is 9.76. The van der Waals surface area contributed by atoms with Crippen molar-refractivity contribution in [3.05, 3.63) is 168 Å². The van der Waals surface area contributed by atoms with Gasteiger partial charge in [-0.3, -0.25) is 4.99 Å². The lowest BCUT2D eigenvalue weighted by molar-refractivity contribution is 0.617. The Morgan fingerprint density at radius 2 is 1.30 bits per heavy atom. The molecule has 0 saturated carbocycles. The zero-order chi connectivity index (χ0) is 31.1. The van der Waals surface area contributed by atoms with Crippen LogP contribution >= 0.6 is 11.3 Å². The molecule has 0 radical (unpaired) electrons. The van der Waals surface area contributed by atoms with Crippen LogP contribution in [0.5, 0.6) is 0 Å². The number of hydrogen-bond acceptors (Lipinski definition) is 2. The van der Waals surface area contributed by atoms with Crippen molar-refractivity contribution in [2.45, 2.75) is 6.92 Å². The molecule has 2 unspecified atom stereocenters. The van der Waals surface area contributed by atoms with Gasteiger partial charge in [0.1, 0.15) is 0 Å². The number of hydrogen-bond donors (Lipinski definition) is 0. The van der Waals surface area contributed by atoms with Gasteiger partial charge in [-0.1, -0.05) is 134 Å². The van der Waals surface area contributed by atoms with Crippen LogP contribution in [0.3, 0.4) is 0 Å². The fraction of sp³-hybridized carbons (Fsp3) is 0.0682. The summed E-state index contributed by atoms with van der Waals surface area (Å²) >= 11 is 1.91. The number of para-hydroxylation sites is 1. The van der Waals surface area contributed by atoms with Crippen LogP contribution in [0.4, 0.5) is 0 Å². The number of fused-ring (bicyclic) bond motifs is 11. The Bertz CT molecular complexity index is 2680. The Balaban J connectivity index is 1.21. The van der Waals surface area contributed by atoms with Crippen LogP contribution in [0, 0.1) is 11.8 Å². The number of aromatic nitrogens is 1. The third kappa shape index (κ3) is 3.87. The quantitative estimate of drug-likeness (QED) is 0.187. The molecule has 3 heterocycles. The van der Waals surface area contributed by atoms with Crippen molar-refractivity contribution in [3.63, 3.8) is 0 Å². The van der Waals surface area contributed by atoms with Gasteiger partial charge in [0, 0.05) is 49.3 Å². The van der Waals surface area contributed by atoms with Crippen LogP contribution in [0.15, 0.2) is 162 Å². The number of rotatable bonds is 3. The highest BCUT2D eigenvalue weighted by Gasteiger charge is 2.31. The Hall–Kier alpha value is -5.51. The van der Waals surface area contributed by atoms with Gasteiger partial charge in [0.2, 0.25) is 0 Å². The minimum absolute atomic E-state index is 0.266. The maximum Gasteiger partial charge on any atom is 0.0743 e. The van der Waals surface area contributed by atoms with E-state index in [0.29, 0.717) is 5.92 Å². The predicted octanol–water partition coefficient (Wildman–Crippen LogP) is 11.9. The molecule has 10 rings (SSSR count). The van der Waals surface area contributed by atoms with E-state index in [1.807, 2.05) is 11.3 Å². The molecule has 0 spiro atoms. The smallest absolute Gasteiger partial charge is 0.0743 e. The molecule has 0 N–H and O–H groups in total. The monoisotopic (exact) mass is 618 g/mol. The van der Waals surface area contributed by atoms with Gasteiger partial charge in [-0.25, -0.2) is 0 Å². The summed E-state index contributed by atoms with van der Waals surface area (Å²) in [6.45, 7) is 2.32. The van der Waals surface area contributed by atoms with Crippen LogP contribution in [0.1, 0.15) is 18.1 Å². The van der Waals surface area contributed by atoms with Crippen molar-refractivity contribution in [1.29, 1.82) is 0 Å².